The zero-order chi connectivity index (χ0) is 12.7. The second kappa shape index (κ2) is 6.44. The van der Waals surface area contributed by atoms with Crippen LogP contribution < -0.4 is 0 Å². The highest BCUT2D eigenvalue weighted by atomic mass is 19.1. The second-order valence-electron chi connectivity index (χ2n) is 3.30. The highest BCUT2D eigenvalue weighted by Crippen LogP contribution is 2.10. The number of ether oxygens (including phenoxy) is 1. The smallest absolute Gasteiger partial charge is 0.309 e. The number of hydrogen-bond acceptors (Lipinski definition) is 3. The Morgan fingerprint density at radius 1 is 1.53 bits per heavy atom. The molecule has 0 amide bonds. The van der Waals surface area contributed by atoms with Crippen LogP contribution in [0, 0.1) is 17.1 Å². The van der Waals surface area contributed by atoms with Crippen LogP contribution in [0.25, 0.3) is 6.08 Å². The van der Waals surface area contributed by atoms with E-state index in [1.165, 1.54) is 6.07 Å². The third-order valence-corrected chi connectivity index (χ3v) is 1.95. The number of rotatable bonds is 4. The van der Waals surface area contributed by atoms with E-state index >= 15 is 0 Å². The number of nitriles is 1. The van der Waals surface area contributed by atoms with Gasteiger partial charge < -0.3 is 4.74 Å². The Balaban J connectivity index is 2.68. The van der Waals surface area contributed by atoms with Crippen molar-refractivity contribution >= 4 is 12.0 Å². The van der Waals surface area contributed by atoms with E-state index in [-0.39, 0.29) is 18.0 Å². The molecule has 0 aromatic heterocycles. The van der Waals surface area contributed by atoms with Gasteiger partial charge in [0.15, 0.2) is 0 Å². The SMILES string of the molecule is CCOC(=O)CC=Cc1cc(F)cc(C#N)c1. The molecule has 0 aliphatic heterocycles. The van der Waals surface area contributed by atoms with Gasteiger partial charge in [-0.2, -0.15) is 5.26 Å². The third-order valence-electron chi connectivity index (χ3n) is 1.95. The summed E-state index contributed by atoms with van der Waals surface area (Å²) in [5, 5.41) is 8.66. The molecule has 0 aliphatic rings. The van der Waals surface area contributed by atoms with Crippen LogP contribution in [0.3, 0.4) is 0 Å². The minimum Gasteiger partial charge on any atom is -0.466 e. The van der Waals surface area contributed by atoms with Gasteiger partial charge in [0, 0.05) is 0 Å². The number of benzene rings is 1. The van der Waals surface area contributed by atoms with Crippen LogP contribution in [0.4, 0.5) is 4.39 Å². The fourth-order valence-electron chi connectivity index (χ4n) is 1.28. The van der Waals surface area contributed by atoms with Gasteiger partial charge in [-0.15, -0.1) is 0 Å². The van der Waals surface area contributed by atoms with E-state index in [0.29, 0.717) is 12.2 Å². The molecule has 3 nitrogen and oxygen atoms in total. The van der Waals surface area contributed by atoms with Crippen molar-refractivity contribution in [1.82, 2.24) is 0 Å². The van der Waals surface area contributed by atoms with Gasteiger partial charge in [-0.1, -0.05) is 12.2 Å². The maximum atomic E-state index is 13.0. The van der Waals surface area contributed by atoms with Gasteiger partial charge in [0.05, 0.1) is 24.7 Å². The maximum absolute atomic E-state index is 13.0. The minimum absolute atomic E-state index is 0.131. The van der Waals surface area contributed by atoms with Crippen molar-refractivity contribution in [1.29, 1.82) is 5.26 Å². The first-order valence-corrected chi connectivity index (χ1v) is 5.18. The summed E-state index contributed by atoms with van der Waals surface area (Å²) in [4.78, 5) is 11.0. The van der Waals surface area contributed by atoms with Crippen LogP contribution in [-0.2, 0) is 9.53 Å². The molecular formula is C13H12FNO2. The average molecular weight is 233 g/mol. The zero-order valence-corrected chi connectivity index (χ0v) is 9.44. The van der Waals surface area contributed by atoms with E-state index in [2.05, 4.69) is 0 Å². The van der Waals surface area contributed by atoms with Crippen molar-refractivity contribution in [2.24, 2.45) is 0 Å². The first kappa shape index (κ1) is 12.9. The average Bonchev–Trinajstić information content (AvgIpc) is 2.28. The van der Waals surface area contributed by atoms with Crippen LogP contribution in [0.1, 0.15) is 24.5 Å². The van der Waals surface area contributed by atoms with Crippen LogP contribution in [-0.4, -0.2) is 12.6 Å². The molecule has 0 heterocycles. The van der Waals surface area contributed by atoms with E-state index in [1.54, 1.807) is 25.1 Å². The first-order chi connectivity index (χ1) is 8.15. The van der Waals surface area contributed by atoms with Crippen molar-refractivity contribution < 1.29 is 13.9 Å². The van der Waals surface area contributed by atoms with E-state index in [4.69, 9.17) is 10.00 Å². The summed E-state index contributed by atoms with van der Waals surface area (Å²) in [6.07, 6.45) is 3.29. The van der Waals surface area contributed by atoms with Crippen LogP contribution >= 0.6 is 0 Å². The molecule has 1 rings (SSSR count). The number of hydrogen-bond donors (Lipinski definition) is 0. The molecular weight excluding hydrogens is 221 g/mol. The summed E-state index contributed by atoms with van der Waals surface area (Å²) in [6.45, 7) is 2.07. The Morgan fingerprint density at radius 2 is 2.29 bits per heavy atom. The molecule has 0 saturated carbocycles. The Bertz CT molecular complexity index is 475. The fourth-order valence-corrected chi connectivity index (χ4v) is 1.28. The highest BCUT2D eigenvalue weighted by molar-refractivity contribution is 5.72. The number of esters is 1. The van der Waals surface area contributed by atoms with E-state index in [0.717, 1.165) is 6.07 Å². The first-order valence-electron chi connectivity index (χ1n) is 5.18. The molecule has 0 atom stereocenters. The number of carbonyl (C=O) groups is 1. The molecule has 1 aromatic rings. The van der Waals surface area contributed by atoms with Crippen molar-refractivity contribution in [2.75, 3.05) is 6.61 Å². The number of halogens is 1. The summed E-state index contributed by atoms with van der Waals surface area (Å²) < 4.78 is 17.8. The zero-order valence-electron chi connectivity index (χ0n) is 9.44. The maximum Gasteiger partial charge on any atom is 0.309 e. The molecule has 4 heteroatoms. The lowest BCUT2D eigenvalue weighted by Crippen LogP contribution is -2.01. The van der Waals surface area contributed by atoms with Crippen LogP contribution in [0.2, 0.25) is 0 Å². The minimum atomic E-state index is -0.472. The highest BCUT2D eigenvalue weighted by Gasteiger charge is 1.99. The fraction of sp³-hybridized carbons (Fsp3) is 0.231. The summed E-state index contributed by atoms with van der Waals surface area (Å²) in [5.74, 6) is -0.805. The molecule has 1 aromatic carbocycles. The second-order valence-corrected chi connectivity index (χ2v) is 3.30. The van der Waals surface area contributed by atoms with Crippen LogP contribution in [0.5, 0.6) is 0 Å². The topological polar surface area (TPSA) is 50.1 Å². The largest absolute Gasteiger partial charge is 0.466 e. The van der Waals surface area contributed by atoms with Gasteiger partial charge in [0.2, 0.25) is 0 Å². The lowest BCUT2D eigenvalue weighted by atomic mass is 10.1. The molecule has 0 aliphatic carbocycles. The molecule has 0 bridgehead atoms. The molecule has 0 spiro atoms. The van der Waals surface area contributed by atoms with Crippen molar-refractivity contribution in [2.45, 2.75) is 13.3 Å². The van der Waals surface area contributed by atoms with Gasteiger partial charge in [-0.3, -0.25) is 4.79 Å². The summed E-state index contributed by atoms with van der Waals surface area (Å²) in [5.41, 5.74) is 0.798. The standard InChI is InChI=1S/C13H12FNO2/c1-2-17-13(16)5-3-4-10-6-11(9-15)8-12(14)7-10/h3-4,6-8H,2,5H2,1H3. The Hall–Kier alpha value is -2.15. The summed E-state index contributed by atoms with van der Waals surface area (Å²) in [7, 11) is 0. The van der Waals surface area contributed by atoms with Gasteiger partial charge in [0.1, 0.15) is 5.82 Å². The lowest BCUT2D eigenvalue weighted by Gasteiger charge is -1.98. The van der Waals surface area contributed by atoms with Gasteiger partial charge in [0.25, 0.3) is 0 Å². The monoisotopic (exact) mass is 233 g/mol. The predicted octanol–water partition coefficient (Wildman–Crippen LogP) is 2.66. The molecule has 0 unspecified atom stereocenters. The Labute approximate surface area is 99.1 Å². The summed E-state index contributed by atoms with van der Waals surface area (Å²) in [6, 6.07) is 5.86. The van der Waals surface area contributed by atoms with Crippen molar-refractivity contribution in [3.05, 3.63) is 41.2 Å². The predicted molar refractivity (Wildman–Crippen MR) is 61.4 cm³/mol. The molecule has 0 fully saturated rings. The Morgan fingerprint density at radius 3 is 2.94 bits per heavy atom. The van der Waals surface area contributed by atoms with Crippen LogP contribution in [0.15, 0.2) is 24.3 Å². The summed E-state index contributed by atoms with van der Waals surface area (Å²) >= 11 is 0. The lowest BCUT2D eigenvalue weighted by molar-refractivity contribution is -0.142. The Kier molecular flexibility index (Phi) is 4.89. The van der Waals surface area contributed by atoms with E-state index in [9.17, 15) is 9.18 Å². The molecule has 0 radical (unpaired) electrons. The van der Waals surface area contributed by atoms with E-state index < -0.39 is 5.82 Å². The van der Waals surface area contributed by atoms with Gasteiger partial charge >= 0.3 is 5.97 Å². The number of carbonyl (C=O) groups excluding carboxylic acids is 1. The van der Waals surface area contributed by atoms with Gasteiger partial charge in [-0.25, -0.2) is 4.39 Å². The van der Waals surface area contributed by atoms with Crippen molar-refractivity contribution in [3.8, 4) is 6.07 Å². The third kappa shape index (κ3) is 4.47. The van der Waals surface area contributed by atoms with E-state index in [1.807, 2.05) is 6.07 Å². The number of nitrogens with zero attached hydrogens (tertiary/aromatic N) is 1. The molecule has 0 N–H and O–H groups in total. The van der Waals surface area contributed by atoms with Crippen molar-refractivity contribution in [3.63, 3.8) is 0 Å². The molecule has 0 saturated heterocycles. The molecule has 88 valence electrons. The van der Waals surface area contributed by atoms with Gasteiger partial charge in [-0.05, 0) is 30.7 Å². The molecule has 17 heavy (non-hydrogen) atoms. The normalized spacial score (nSPS) is 10.2. The quantitative estimate of drug-likeness (QED) is 0.751.